The number of nitrogens with zero attached hydrogens (tertiary/aromatic N) is 2. The molecule has 1 aromatic carbocycles. The van der Waals surface area contributed by atoms with Crippen molar-refractivity contribution in [2.45, 2.75) is 96.7 Å². The van der Waals surface area contributed by atoms with Crippen molar-refractivity contribution in [1.29, 1.82) is 0 Å². The maximum absolute atomic E-state index is 14.1. The number of ether oxygens (including phenoxy) is 6. The molecule has 0 radical (unpaired) electrons. The van der Waals surface area contributed by atoms with Gasteiger partial charge in [0.25, 0.3) is 0 Å². The van der Waals surface area contributed by atoms with Crippen LogP contribution in [0.3, 0.4) is 0 Å². The van der Waals surface area contributed by atoms with Crippen LogP contribution in [0.25, 0.3) is 0 Å². The number of hydrogen-bond donors (Lipinski definition) is 0. The molecule has 0 aromatic heterocycles. The molecule has 1 aromatic rings. The Balaban J connectivity index is 2.02. The topological polar surface area (TPSA) is 130 Å². The Bertz CT molecular complexity index is 1290. The highest BCUT2D eigenvalue weighted by molar-refractivity contribution is 6.00. The molecule has 0 saturated carbocycles. The molecular formula is C37H56N2O10. The molecular weight excluding hydrogens is 632 g/mol. The van der Waals surface area contributed by atoms with Crippen molar-refractivity contribution in [1.82, 2.24) is 9.80 Å². The fourth-order valence-corrected chi connectivity index (χ4v) is 6.83. The summed E-state index contributed by atoms with van der Waals surface area (Å²) >= 11 is 0. The minimum atomic E-state index is -1.12. The zero-order valence-electron chi connectivity index (χ0n) is 30.8. The number of rotatable bonds is 9. The van der Waals surface area contributed by atoms with Crippen molar-refractivity contribution >= 4 is 23.7 Å². The van der Waals surface area contributed by atoms with E-state index in [0.29, 0.717) is 24.9 Å². The summed E-state index contributed by atoms with van der Waals surface area (Å²) in [5.41, 5.74) is -0.653. The molecule has 0 amide bonds. The second kappa shape index (κ2) is 18.2. The number of cyclic esters (lactones) is 1. The monoisotopic (exact) mass is 688 g/mol. The molecule has 12 nitrogen and oxygen atoms in total. The van der Waals surface area contributed by atoms with Gasteiger partial charge >= 0.3 is 17.9 Å². The largest absolute Gasteiger partial charge is 0.463 e. The number of Topliss-reactive ketones (excluding diaryl/α,β-unsaturated/α-hetero) is 1. The number of hydrogen-bond acceptors (Lipinski definition) is 12. The fourth-order valence-electron chi connectivity index (χ4n) is 6.83. The van der Waals surface area contributed by atoms with Gasteiger partial charge in [0.2, 0.25) is 0 Å². The highest BCUT2D eigenvalue weighted by Gasteiger charge is 2.50. The average Bonchev–Trinajstić information content (AvgIpc) is 3.06. The Morgan fingerprint density at radius 2 is 1.78 bits per heavy atom. The van der Waals surface area contributed by atoms with Gasteiger partial charge in [0.15, 0.2) is 18.2 Å². The smallest absolute Gasteiger partial charge is 0.338 e. The van der Waals surface area contributed by atoms with Crippen LogP contribution >= 0.6 is 0 Å². The first-order valence-corrected chi connectivity index (χ1v) is 17.2. The molecule has 0 aliphatic carbocycles. The second-order valence-electron chi connectivity index (χ2n) is 13.9. The Labute approximate surface area is 291 Å². The van der Waals surface area contributed by atoms with Crippen LogP contribution in [0.2, 0.25) is 0 Å². The highest BCUT2D eigenvalue weighted by Crippen LogP contribution is 2.37. The van der Waals surface area contributed by atoms with Crippen LogP contribution in [0, 0.1) is 17.8 Å². The van der Waals surface area contributed by atoms with E-state index in [2.05, 4.69) is 6.92 Å². The van der Waals surface area contributed by atoms with E-state index in [4.69, 9.17) is 28.4 Å². The zero-order valence-corrected chi connectivity index (χ0v) is 30.8. The number of ketones is 1. The first-order chi connectivity index (χ1) is 23.1. The van der Waals surface area contributed by atoms with Gasteiger partial charge in [-0.25, -0.2) is 9.59 Å². The molecule has 274 valence electrons. The van der Waals surface area contributed by atoms with E-state index in [0.717, 1.165) is 0 Å². The Hall–Kier alpha value is -3.16. The molecule has 10 atom stereocenters. The lowest BCUT2D eigenvalue weighted by molar-refractivity contribution is -0.294. The van der Waals surface area contributed by atoms with E-state index >= 15 is 0 Å². The molecule has 49 heavy (non-hydrogen) atoms. The van der Waals surface area contributed by atoms with Crippen molar-refractivity contribution in [3.05, 3.63) is 48.0 Å². The van der Waals surface area contributed by atoms with Crippen LogP contribution in [0.5, 0.6) is 0 Å². The minimum Gasteiger partial charge on any atom is -0.463 e. The molecule has 0 spiro atoms. The van der Waals surface area contributed by atoms with Crippen LogP contribution in [-0.2, 0) is 42.8 Å². The zero-order chi connectivity index (χ0) is 36.5. The molecule has 2 fully saturated rings. The van der Waals surface area contributed by atoms with Crippen molar-refractivity contribution in [2.24, 2.45) is 17.8 Å². The molecule has 2 heterocycles. The van der Waals surface area contributed by atoms with Crippen molar-refractivity contribution in [3.8, 4) is 0 Å². The Kier molecular flexibility index (Phi) is 14.9. The van der Waals surface area contributed by atoms with Gasteiger partial charge < -0.3 is 33.3 Å². The van der Waals surface area contributed by atoms with E-state index in [1.54, 1.807) is 51.3 Å². The first-order valence-electron chi connectivity index (χ1n) is 17.2. The molecule has 0 N–H and O–H groups in total. The van der Waals surface area contributed by atoms with E-state index in [1.807, 2.05) is 50.9 Å². The van der Waals surface area contributed by atoms with Crippen molar-refractivity contribution in [3.63, 3.8) is 0 Å². The maximum atomic E-state index is 14.1. The molecule has 2 unspecified atom stereocenters. The summed E-state index contributed by atoms with van der Waals surface area (Å²) in [6.07, 6.45) is 0.961. The second-order valence-corrected chi connectivity index (χ2v) is 13.9. The number of methoxy groups -OCH3 is 1. The molecule has 3 rings (SSSR count). The number of carbonyl (C=O) groups is 4. The first kappa shape index (κ1) is 40.3. The Morgan fingerprint density at radius 1 is 1.10 bits per heavy atom. The molecule has 2 saturated heterocycles. The maximum Gasteiger partial charge on any atom is 0.338 e. The Morgan fingerprint density at radius 3 is 2.39 bits per heavy atom. The molecule has 12 heteroatoms. The number of benzene rings is 1. The van der Waals surface area contributed by atoms with Gasteiger partial charge in [-0.1, -0.05) is 38.1 Å². The quantitative estimate of drug-likeness (QED) is 0.161. The average molecular weight is 689 g/mol. The number of carbonyl (C=O) groups excluding carboxylic acids is 4. The van der Waals surface area contributed by atoms with E-state index in [9.17, 15) is 19.2 Å². The lowest BCUT2D eigenvalue weighted by atomic mass is 9.78. The molecule has 2 aliphatic rings. The summed E-state index contributed by atoms with van der Waals surface area (Å²) in [5, 5.41) is 0. The van der Waals surface area contributed by atoms with Crippen molar-refractivity contribution < 1.29 is 47.6 Å². The van der Waals surface area contributed by atoms with Gasteiger partial charge in [-0.15, -0.1) is 0 Å². The van der Waals surface area contributed by atoms with Crippen LogP contribution in [0.15, 0.2) is 42.5 Å². The summed E-state index contributed by atoms with van der Waals surface area (Å²) in [5.74, 6) is -4.06. The summed E-state index contributed by atoms with van der Waals surface area (Å²) in [6.45, 7) is 11.6. The predicted octanol–water partition coefficient (Wildman–Crippen LogP) is 3.91. The molecule has 2 aliphatic heterocycles. The van der Waals surface area contributed by atoms with E-state index in [-0.39, 0.29) is 37.1 Å². The summed E-state index contributed by atoms with van der Waals surface area (Å²) < 4.78 is 36.2. The highest BCUT2D eigenvalue weighted by atomic mass is 16.7. The van der Waals surface area contributed by atoms with Gasteiger partial charge in [-0.2, -0.15) is 0 Å². The summed E-state index contributed by atoms with van der Waals surface area (Å²) in [6, 6.07) is 8.02. The van der Waals surface area contributed by atoms with Crippen LogP contribution in [0.4, 0.5) is 0 Å². The number of likely N-dealkylation sites (N-methyl/N-ethyl adjacent to an activating group) is 2. The third-order valence-corrected chi connectivity index (χ3v) is 9.59. The van der Waals surface area contributed by atoms with Crippen LogP contribution in [-0.4, -0.2) is 124 Å². The van der Waals surface area contributed by atoms with Crippen LogP contribution in [0.1, 0.15) is 64.7 Å². The van der Waals surface area contributed by atoms with Crippen LogP contribution < -0.4 is 0 Å². The van der Waals surface area contributed by atoms with Gasteiger partial charge in [-0.3, -0.25) is 14.5 Å². The molecule has 0 bridgehead atoms. The lowest BCUT2D eigenvalue weighted by Crippen LogP contribution is -2.60. The lowest BCUT2D eigenvalue weighted by Gasteiger charge is -2.47. The fraction of sp³-hybridized carbons (Fsp3) is 0.676. The summed E-state index contributed by atoms with van der Waals surface area (Å²) in [4.78, 5) is 56.8. The van der Waals surface area contributed by atoms with Gasteiger partial charge in [0.1, 0.15) is 12.5 Å². The van der Waals surface area contributed by atoms with Gasteiger partial charge in [0.05, 0.1) is 42.1 Å². The van der Waals surface area contributed by atoms with Gasteiger partial charge in [0, 0.05) is 25.6 Å². The summed E-state index contributed by atoms with van der Waals surface area (Å²) in [7, 11) is 7.27. The van der Waals surface area contributed by atoms with E-state index in [1.165, 1.54) is 13.0 Å². The number of esters is 3. The SMILES string of the molecule is CCOC(=O)/C=C/C1COC(=O)C(C)C(=O)[C@H](C)[C@@H](O[C@@H]2O[C@H](C)C[C@H](N(C)C)[C@H]2OC(=O)c2ccccc2)[C@](C)(OC)C[C@@H](C)CN1C. The van der Waals surface area contributed by atoms with E-state index < -0.39 is 59.9 Å². The predicted molar refractivity (Wildman–Crippen MR) is 183 cm³/mol. The third-order valence-electron chi connectivity index (χ3n) is 9.59. The van der Waals surface area contributed by atoms with Crippen molar-refractivity contribution in [2.75, 3.05) is 48.0 Å². The normalized spacial score (nSPS) is 34.1. The minimum absolute atomic E-state index is 0.0110. The third kappa shape index (κ3) is 10.7. The van der Waals surface area contributed by atoms with Gasteiger partial charge in [-0.05, 0) is 79.7 Å². The standard InChI is InChI=1S/C37H56N2O10/c1-11-45-30(40)18-17-28-22-46-34(42)26(5)31(41)25(4)33(37(6,44-10)20-23(2)21-39(28)9)49-36-32(29(38(7)8)19-24(3)47-36)48-35(43)27-15-13-12-14-16-27/h12-18,23-26,28-29,32-33,36H,11,19-22H2,1-10H3/b18-17+/t23-,24-,25+,26?,28?,29+,32-,33-,36+,37-/m1/s1.